The summed E-state index contributed by atoms with van der Waals surface area (Å²) in [7, 11) is 1.68. The summed E-state index contributed by atoms with van der Waals surface area (Å²) in [5.74, 6) is 2.28. The molecule has 0 aliphatic carbocycles. The van der Waals surface area contributed by atoms with E-state index in [1.165, 1.54) is 11.3 Å². The minimum atomic E-state index is 0.0553. The SMILES string of the molecule is COc1ccc(N2CCN(C(=O)C3CCN(c4nc(-c5ccc(C(C)C)cc5)no4)CC3)CC2)cc1. The molecule has 8 nitrogen and oxygen atoms in total. The van der Waals surface area contributed by atoms with Gasteiger partial charge >= 0.3 is 6.01 Å². The van der Waals surface area contributed by atoms with Gasteiger partial charge in [0, 0.05) is 56.4 Å². The molecule has 0 spiro atoms. The van der Waals surface area contributed by atoms with E-state index in [1.54, 1.807) is 7.11 Å². The van der Waals surface area contributed by atoms with Crippen molar-refractivity contribution in [2.24, 2.45) is 5.92 Å². The van der Waals surface area contributed by atoms with E-state index in [0.29, 0.717) is 17.8 Å². The van der Waals surface area contributed by atoms with Crippen molar-refractivity contribution in [1.29, 1.82) is 0 Å². The molecule has 190 valence electrons. The third-order valence-electron chi connectivity index (χ3n) is 7.39. The first-order valence-electron chi connectivity index (χ1n) is 12.9. The largest absolute Gasteiger partial charge is 0.497 e. The molecule has 1 aromatic heterocycles. The highest BCUT2D eigenvalue weighted by Gasteiger charge is 2.32. The van der Waals surface area contributed by atoms with Crippen LogP contribution in [0, 0.1) is 5.92 Å². The number of ether oxygens (including phenoxy) is 1. The zero-order chi connectivity index (χ0) is 25.1. The molecule has 0 saturated carbocycles. The van der Waals surface area contributed by atoms with Crippen molar-refractivity contribution in [2.75, 3.05) is 56.2 Å². The zero-order valence-corrected chi connectivity index (χ0v) is 21.4. The molecule has 0 radical (unpaired) electrons. The van der Waals surface area contributed by atoms with Crippen LogP contribution in [0.2, 0.25) is 0 Å². The van der Waals surface area contributed by atoms with E-state index in [0.717, 1.165) is 63.4 Å². The van der Waals surface area contributed by atoms with E-state index in [4.69, 9.17) is 9.26 Å². The summed E-state index contributed by atoms with van der Waals surface area (Å²) in [6.07, 6.45) is 1.61. The van der Waals surface area contributed by atoms with Crippen LogP contribution in [0.4, 0.5) is 11.7 Å². The fourth-order valence-corrected chi connectivity index (χ4v) is 5.03. The molecule has 2 aromatic carbocycles. The monoisotopic (exact) mass is 489 g/mol. The Morgan fingerprint density at radius 1 is 0.917 bits per heavy atom. The van der Waals surface area contributed by atoms with Gasteiger partial charge in [0.15, 0.2) is 0 Å². The van der Waals surface area contributed by atoms with E-state index in [1.807, 2.05) is 29.2 Å². The molecule has 3 aromatic rings. The summed E-state index contributed by atoms with van der Waals surface area (Å²) < 4.78 is 10.8. The zero-order valence-electron chi connectivity index (χ0n) is 21.4. The normalized spacial score (nSPS) is 17.1. The Labute approximate surface area is 212 Å². The van der Waals surface area contributed by atoms with Crippen LogP contribution in [0.3, 0.4) is 0 Å². The number of carbonyl (C=O) groups is 1. The summed E-state index contributed by atoms with van der Waals surface area (Å²) in [6.45, 7) is 9.06. The molecule has 1 amide bonds. The van der Waals surface area contributed by atoms with Crippen molar-refractivity contribution in [3.8, 4) is 17.1 Å². The molecule has 0 N–H and O–H groups in total. The fraction of sp³-hybridized carbons (Fsp3) is 0.464. The minimum absolute atomic E-state index is 0.0553. The number of piperidine rings is 1. The van der Waals surface area contributed by atoms with Crippen molar-refractivity contribution in [2.45, 2.75) is 32.6 Å². The molecule has 0 unspecified atom stereocenters. The second-order valence-electron chi connectivity index (χ2n) is 9.95. The summed E-state index contributed by atoms with van der Waals surface area (Å²) in [5, 5.41) is 4.19. The van der Waals surface area contributed by atoms with E-state index < -0.39 is 0 Å². The highest BCUT2D eigenvalue weighted by Crippen LogP contribution is 2.27. The number of benzene rings is 2. The van der Waals surface area contributed by atoms with Gasteiger partial charge in [-0.3, -0.25) is 4.79 Å². The van der Waals surface area contributed by atoms with Crippen molar-refractivity contribution in [1.82, 2.24) is 15.0 Å². The van der Waals surface area contributed by atoms with Crippen LogP contribution in [0.25, 0.3) is 11.4 Å². The van der Waals surface area contributed by atoms with Crippen LogP contribution in [0.1, 0.15) is 38.2 Å². The van der Waals surface area contributed by atoms with Gasteiger partial charge in [0.2, 0.25) is 11.7 Å². The molecular formula is C28H35N5O3. The lowest BCUT2D eigenvalue weighted by atomic mass is 9.95. The van der Waals surface area contributed by atoms with E-state index >= 15 is 0 Å². The van der Waals surface area contributed by atoms with Crippen LogP contribution in [0.5, 0.6) is 5.75 Å². The molecule has 0 atom stereocenters. The summed E-state index contributed by atoms with van der Waals surface area (Å²) in [4.78, 5) is 24.3. The van der Waals surface area contributed by atoms with E-state index in [-0.39, 0.29) is 11.8 Å². The lowest BCUT2D eigenvalue weighted by Gasteiger charge is -2.39. The maximum absolute atomic E-state index is 13.2. The summed E-state index contributed by atoms with van der Waals surface area (Å²) in [6, 6.07) is 17.0. The summed E-state index contributed by atoms with van der Waals surface area (Å²) >= 11 is 0. The molecule has 2 fully saturated rings. The fourth-order valence-electron chi connectivity index (χ4n) is 5.03. The molecule has 3 heterocycles. The second kappa shape index (κ2) is 10.6. The van der Waals surface area contributed by atoms with Crippen molar-refractivity contribution >= 4 is 17.6 Å². The van der Waals surface area contributed by atoms with Gasteiger partial charge in [0.1, 0.15) is 5.75 Å². The molecule has 2 saturated heterocycles. The minimum Gasteiger partial charge on any atom is -0.497 e. The Hall–Kier alpha value is -3.55. The lowest BCUT2D eigenvalue weighted by Crippen LogP contribution is -2.51. The third-order valence-corrected chi connectivity index (χ3v) is 7.39. The highest BCUT2D eigenvalue weighted by atomic mass is 16.5. The number of anilines is 2. The smallest absolute Gasteiger partial charge is 0.324 e. The highest BCUT2D eigenvalue weighted by molar-refractivity contribution is 5.79. The van der Waals surface area contributed by atoms with Gasteiger partial charge in [-0.2, -0.15) is 4.98 Å². The van der Waals surface area contributed by atoms with Gasteiger partial charge in [-0.1, -0.05) is 43.3 Å². The van der Waals surface area contributed by atoms with E-state index in [2.05, 4.69) is 58.1 Å². The first-order chi connectivity index (χ1) is 17.5. The van der Waals surface area contributed by atoms with Crippen LogP contribution in [-0.2, 0) is 4.79 Å². The Kier molecular flexibility index (Phi) is 7.11. The van der Waals surface area contributed by atoms with Crippen molar-refractivity contribution < 1.29 is 14.1 Å². The predicted molar refractivity (Wildman–Crippen MR) is 141 cm³/mol. The first-order valence-corrected chi connectivity index (χ1v) is 12.9. The molecule has 2 aliphatic heterocycles. The Bertz CT molecular complexity index is 1140. The predicted octanol–water partition coefficient (Wildman–Crippen LogP) is 4.43. The molecule has 8 heteroatoms. The van der Waals surface area contributed by atoms with Gasteiger partial charge < -0.3 is 24.0 Å². The quantitative estimate of drug-likeness (QED) is 0.507. The van der Waals surface area contributed by atoms with Gasteiger partial charge in [-0.15, -0.1) is 0 Å². The van der Waals surface area contributed by atoms with Gasteiger partial charge in [0.25, 0.3) is 0 Å². The van der Waals surface area contributed by atoms with Crippen LogP contribution in [-0.4, -0.2) is 67.3 Å². The Morgan fingerprint density at radius 2 is 1.58 bits per heavy atom. The van der Waals surface area contributed by atoms with E-state index in [9.17, 15) is 4.79 Å². The number of methoxy groups -OCH3 is 1. The standard InChI is InChI=1S/C28H35N5O3/c1-20(2)21-4-6-22(7-5-21)26-29-28(36-30-26)33-14-12-23(13-15-33)27(34)32-18-16-31(17-19-32)24-8-10-25(35-3)11-9-24/h4-11,20,23H,12-19H2,1-3H3. The second-order valence-corrected chi connectivity index (χ2v) is 9.95. The number of nitrogens with zero attached hydrogens (tertiary/aromatic N) is 5. The maximum atomic E-state index is 13.2. The average Bonchev–Trinajstić information content (AvgIpc) is 3.43. The average molecular weight is 490 g/mol. The van der Waals surface area contributed by atoms with Crippen LogP contribution < -0.4 is 14.5 Å². The molecular weight excluding hydrogens is 454 g/mol. The topological polar surface area (TPSA) is 74.9 Å². The number of hydrogen-bond donors (Lipinski definition) is 0. The number of amides is 1. The number of rotatable bonds is 6. The van der Waals surface area contributed by atoms with Crippen LogP contribution in [0.15, 0.2) is 53.1 Å². The molecule has 2 aliphatic rings. The molecule has 5 rings (SSSR count). The third kappa shape index (κ3) is 5.17. The molecule has 36 heavy (non-hydrogen) atoms. The van der Waals surface area contributed by atoms with Gasteiger partial charge in [-0.25, -0.2) is 0 Å². The first kappa shape index (κ1) is 24.2. The summed E-state index contributed by atoms with van der Waals surface area (Å²) in [5.41, 5.74) is 3.41. The number of carbonyl (C=O) groups excluding carboxylic acids is 1. The van der Waals surface area contributed by atoms with Gasteiger partial charge in [0.05, 0.1) is 7.11 Å². The number of piperazine rings is 1. The Balaban J connectivity index is 1.11. The lowest BCUT2D eigenvalue weighted by molar-refractivity contribution is -0.136. The molecule has 0 bridgehead atoms. The number of hydrogen-bond acceptors (Lipinski definition) is 7. The van der Waals surface area contributed by atoms with Crippen molar-refractivity contribution in [3.63, 3.8) is 0 Å². The Morgan fingerprint density at radius 3 is 2.19 bits per heavy atom. The van der Waals surface area contributed by atoms with Crippen molar-refractivity contribution in [3.05, 3.63) is 54.1 Å². The van der Waals surface area contributed by atoms with Crippen LogP contribution >= 0.6 is 0 Å². The number of aromatic nitrogens is 2. The maximum Gasteiger partial charge on any atom is 0.324 e. The van der Waals surface area contributed by atoms with Gasteiger partial charge in [-0.05, 0) is 48.6 Å².